The summed E-state index contributed by atoms with van der Waals surface area (Å²) in [5.74, 6) is 1.88. The van der Waals surface area contributed by atoms with Crippen molar-refractivity contribution in [3.8, 4) is 0 Å². The molecule has 1 saturated carbocycles. The van der Waals surface area contributed by atoms with Crippen LogP contribution in [-0.4, -0.2) is 52.0 Å². The lowest BCUT2D eigenvalue weighted by molar-refractivity contribution is 0.113. The van der Waals surface area contributed by atoms with Crippen molar-refractivity contribution in [2.45, 2.75) is 57.5 Å². The molecule has 1 atom stereocenters. The number of nitrogens with zero attached hydrogens (tertiary/aromatic N) is 1. The number of nitrogens with one attached hydrogen (secondary N) is 2. The summed E-state index contributed by atoms with van der Waals surface area (Å²) in [6.07, 6.45) is 11.4. The maximum absolute atomic E-state index is 5.74. The van der Waals surface area contributed by atoms with Crippen LogP contribution >= 0.6 is 24.0 Å². The molecule has 1 aromatic rings. The monoisotopic (exact) mass is 505 g/mol. The van der Waals surface area contributed by atoms with Gasteiger partial charge in [0.25, 0.3) is 0 Å². The van der Waals surface area contributed by atoms with Gasteiger partial charge in [-0.25, -0.2) is 0 Å². The smallest absolute Gasteiger partial charge is 0.191 e. The Kier molecular flexibility index (Phi) is 10.6. The van der Waals surface area contributed by atoms with Crippen LogP contribution in [0, 0.1) is 5.41 Å². The third kappa shape index (κ3) is 7.55. The third-order valence-corrected chi connectivity index (χ3v) is 5.84. The van der Waals surface area contributed by atoms with Crippen LogP contribution in [0.3, 0.4) is 0 Å². The molecule has 2 N–H and O–H groups in total. The normalized spacial score (nSPS) is 21.5. The Morgan fingerprint density at radius 2 is 2.14 bits per heavy atom. The molecular weight excluding hydrogens is 469 g/mol. The van der Waals surface area contributed by atoms with E-state index in [1.807, 2.05) is 12.1 Å². The lowest BCUT2D eigenvalue weighted by Gasteiger charge is -2.27. The fraction of sp³-hybridized carbons (Fsp3) is 0.762. The molecule has 2 heterocycles. The minimum Gasteiger partial charge on any atom is -0.469 e. The molecule has 0 radical (unpaired) electrons. The van der Waals surface area contributed by atoms with Gasteiger partial charge in [-0.1, -0.05) is 12.8 Å². The molecule has 0 amide bonds. The van der Waals surface area contributed by atoms with Crippen molar-refractivity contribution in [1.82, 2.24) is 10.6 Å². The van der Waals surface area contributed by atoms with Crippen LogP contribution in [0.15, 0.2) is 27.8 Å². The Labute approximate surface area is 186 Å². The number of methoxy groups -OCH3 is 1. The number of hydrogen-bond donors (Lipinski definition) is 2. The molecule has 1 aliphatic heterocycles. The first-order chi connectivity index (χ1) is 13.3. The Hall–Kier alpha value is -0.800. The van der Waals surface area contributed by atoms with E-state index in [0.29, 0.717) is 11.5 Å². The Morgan fingerprint density at radius 3 is 2.82 bits per heavy atom. The summed E-state index contributed by atoms with van der Waals surface area (Å²) < 4.78 is 16.5. The van der Waals surface area contributed by atoms with E-state index in [2.05, 4.69) is 10.6 Å². The van der Waals surface area contributed by atoms with Gasteiger partial charge >= 0.3 is 0 Å². The second-order valence-corrected chi connectivity index (χ2v) is 7.89. The van der Waals surface area contributed by atoms with Crippen LogP contribution < -0.4 is 10.6 Å². The van der Waals surface area contributed by atoms with Gasteiger partial charge in [0.2, 0.25) is 0 Å². The molecule has 7 heteroatoms. The molecule has 1 saturated heterocycles. The molecule has 1 unspecified atom stereocenters. The predicted molar refractivity (Wildman–Crippen MR) is 123 cm³/mol. The fourth-order valence-electron chi connectivity index (χ4n) is 4.13. The molecule has 6 nitrogen and oxygen atoms in total. The molecule has 1 aromatic heterocycles. The van der Waals surface area contributed by atoms with Crippen LogP contribution in [0.2, 0.25) is 0 Å². The largest absolute Gasteiger partial charge is 0.469 e. The Bertz CT molecular complexity index is 553. The van der Waals surface area contributed by atoms with E-state index >= 15 is 0 Å². The average molecular weight is 505 g/mol. The van der Waals surface area contributed by atoms with Crippen molar-refractivity contribution >= 4 is 29.9 Å². The lowest BCUT2D eigenvalue weighted by Crippen LogP contribution is -2.42. The van der Waals surface area contributed by atoms with Crippen LogP contribution in [-0.2, 0) is 15.9 Å². The molecular formula is C21H36IN3O3. The Morgan fingerprint density at radius 1 is 1.29 bits per heavy atom. The summed E-state index contributed by atoms with van der Waals surface area (Å²) in [6, 6.07) is 3.94. The molecule has 0 spiro atoms. The highest BCUT2D eigenvalue weighted by Gasteiger charge is 2.33. The number of guanidine groups is 1. The SMILES string of the molecule is COCCC1(CN=C(NCCc2ccco2)NCC2CCCO2)CCCC1.I. The van der Waals surface area contributed by atoms with Crippen molar-refractivity contribution in [3.05, 3.63) is 24.2 Å². The molecule has 0 bridgehead atoms. The maximum Gasteiger partial charge on any atom is 0.191 e. The summed E-state index contributed by atoms with van der Waals surface area (Å²) in [4.78, 5) is 4.96. The van der Waals surface area contributed by atoms with Crippen molar-refractivity contribution in [2.75, 3.05) is 40.0 Å². The third-order valence-electron chi connectivity index (χ3n) is 5.84. The van der Waals surface area contributed by atoms with Gasteiger partial charge in [0.1, 0.15) is 5.76 Å². The van der Waals surface area contributed by atoms with Gasteiger partial charge in [-0.15, -0.1) is 24.0 Å². The summed E-state index contributed by atoms with van der Waals surface area (Å²) in [5, 5.41) is 6.96. The molecule has 3 rings (SSSR count). The second kappa shape index (κ2) is 12.7. The number of halogens is 1. The van der Waals surface area contributed by atoms with Crippen molar-refractivity contribution < 1.29 is 13.9 Å². The minimum absolute atomic E-state index is 0. The topological polar surface area (TPSA) is 68.0 Å². The highest BCUT2D eigenvalue weighted by atomic mass is 127. The van der Waals surface area contributed by atoms with E-state index in [1.54, 1.807) is 13.4 Å². The van der Waals surface area contributed by atoms with Crippen molar-refractivity contribution in [2.24, 2.45) is 10.4 Å². The zero-order chi connectivity index (χ0) is 18.8. The van der Waals surface area contributed by atoms with Gasteiger partial charge in [0.15, 0.2) is 5.96 Å². The highest BCUT2D eigenvalue weighted by Crippen LogP contribution is 2.41. The summed E-state index contributed by atoms with van der Waals surface area (Å²) in [5.41, 5.74) is 0.301. The van der Waals surface area contributed by atoms with Gasteiger partial charge < -0.3 is 24.5 Å². The zero-order valence-corrected chi connectivity index (χ0v) is 19.4. The molecule has 2 fully saturated rings. The van der Waals surface area contributed by atoms with Gasteiger partial charge in [0.05, 0.1) is 12.4 Å². The number of rotatable bonds is 10. The molecule has 0 aromatic carbocycles. The Balaban J connectivity index is 0.00000280. The standard InChI is InChI=1S/C21H35N3O3.HI/c1-25-15-11-21(9-2-3-10-21)17-24-20(23-16-19-7-5-14-27-19)22-12-8-18-6-4-13-26-18;/h4,6,13,19H,2-3,5,7-12,14-17H2,1H3,(H2,22,23,24);1H. The van der Waals surface area contributed by atoms with Crippen LogP contribution in [0.1, 0.15) is 50.7 Å². The number of ether oxygens (including phenoxy) is 2. The molecule has 160 valence electrons. The van der Waals surface area contributed by atoms with Gasteiger partial charge in [-0.2, -0.15) is 0 Å². The van der Waals surface area contributed by atoms with Gasteiger partial charge in [0, 0.05) is 46.4 Å². The van der Waals surface area contributed by atoms with Gasteiger partial charge in [-0.3, -0.25) is 4.99 Å². The first-order valence-electron chi connectivity index (χ1n) is 10.4. The van der Waals surface area contributed by atoms with E-state index in [9.17, 15) is 0 Å². The second-order valence-electron chi connectivity index (χ2n) is 7.89. The average Bonchev–Trinajstić information content (AvgIpc) is 3.45. The summed E-state index contributed by atoms with van der Waals surface area (Å²) in [6.45, 7) is 4.18. The van der Waals surface area contributed by atoms with Crippen LogP contribution in [0.25, 0.3) is 0 Å². The molecule has 1 aliphatic carbocycles. The van der Waals surface area contributed by atoms with Crippen LogP contribution in [0.4, 0.5) is 0 Å². The summed E-state index contributed by atoms with van der Waals surface area (Å²) in [7, 11) is 1.79. The quantitative estimate of drug-likeness (QED) is 0.288. The first-order valence-corrected chi connectivity index (χ1v) is 10.4. The summed E-state index contributed by atoms with van der Waals surface area (Å²) >= 11 is 0. The minimum atomic E-state index is 0. The molecule has 28 heavy (non-hydrogen) atoms. The van der Waals surface area contributed by atoms with Crippen LogP contribution in [0.5, 0.6) is 0 Å². The van der Waals surface area contributed by atoms with E-state index < -0.39 is 0 Å². The lowest BCUT2D eigenvalue weighted by atomic mass is 9.83. The fourth-order valence-corrected chi connectivity index (χ4v) is 4.13. The van der Waals surface area contributed by atoms with E-state index in [-0.39, 0.29) is 24.0 Å². The van der Waals surface area contributed by atoms with Crippen molar-refractivity contribution in [1.29, 1.82) is 0 Å². The number of aliphatic imine (C=N–C) groups is 1. The predicted octanol–water partition coefficient (Wildman–Crippen LogP) is 3.75. The highest BCUT2D eigenvalue weighted by molar-refractivity contribution is 14.0. The first kappa shape index (κ1) is 23.5. The number of furan rings is 1. The van der Waals surface area contributed by atoms with Crippen molar-refractivity contribution in [3.63, 3.8) is 0 Å². The van der Waals surface area contributed by atoms with E-state index in [4.69, 9.17) is 18.9 Å². The van der Waals surface area contributed by atoms with E-state index in [1.165, 1.54) is 25.7 Å². The van der Waals surface area contributed by atoms with Gasteiger partial charge in [-0.05, 0) is 49.7 Å². The van der Waals surface area contributed by atoms with E-state index in [0.717, 1.165) is 70.3 Å². The maximum atomic E-state index is 5.74. The zero-order valence-electron chi connectivity index (χ0n) is 17.1. The number of hydrogen-bond acceptors (Lipinski definition) is 4. The molecule has 2 aliphatic rings.